The van der Waals surface area contributed by atoms with Crippen molar-refractivity contribution in [2.75, 3.05) is 12.4 Å². The maximum Gasteiger partial charge on any atom is 0.210 e. The number of aliphatic hydroxyl groups is 1. The molecule has 0 bridgehead atoms. The third-order valence-electron chi connectivity index (χ3n) is 3.98. The van der Waals surface area contributed by atoms with Crippen molar-refractivity contribution in [1.82, 2.24) is 4.57 Å². The molecule has 0 aliphatic heterocycles. The smallest absolute Gasteiger partial charge is 0.210 e. The highest BCUT2D eigenvalue weighted by molar-refractivity contribution is 7.85. The van der Waals surface area contributed by atoms with Crippen LogP contribution in [0, 0.1) is 5.92 Å². The maximum atomic E-state index is 12.2. The molecule has 3 N–H and O–H groups in total. The molecule has 0 aliphatic rings. The van der Waals surface area contributed by atoms with Crippen molar-refractivity contribution in [2.45, 2.75) is 63.8 Å². The van der Waals surface area contributed by atoms with Gasteiger partial charge in [-0.25, -0.2) is 0 Å². The first kappa shape index (κ1) is 19.0. The van der Waals surface area contributed by atoms with E-state index in [9.17, 15) is 14.4 Å². The molecule has 0 amide bonds. The Morgan fingerprint density at radius 3 is 2.55 bits per heavy atom. The average molecular weight is 331 g/mol. The first-order chi connectivity index (χ1) is 10.5. The molecular weight excluding hydrogens is 302 g/mol. The van der Waals surface area contributed by atoms with E-state index in [4.69, 9.17) is 5.11 Å². The Morgan fingerprint density at radius 1 is 1.23 bits per heavy atom. The summed E-state index contributed by atoms with van der Waals surface area (Å²) in [7, 11) is -1.35. The Labute approximate surface area is 135 Å². The van der Waals surface area contributed by atoms with Crippen molar-refractivity contribution in [2.24, 2.45) is 5.92 Å². The zero-order chi connectivity index (χ0) is 16.5. The number of aromatic nitrogens is 1. The lowest BCUT2D eigenvalue weighted by Gasteiger charge is -2.16. The molecule has 0 radical (unpaired) electrons. The van der Waals surface area contributed by atoms with Crippen LogP contribution in [0.25, 0.3) is 0 Å². The van der Waals surface area contributed by atoms with Crippen molar-refractivity contribution >= 4 is 10.8 Å². The van der Waals surface area contributed by atoms with Gasteiger partial charge >= 0.3 is 0 Å². The van der Waals surface area contributed by atoms with E-state index >= 15 is 0 Å². The quantitative estimate of drug-likeness (QED) is 0.544. The SMILES string of the molecule is CCCCC(CC)Cn1c(O)cc(S(=O)CCCCO)c1O. The van der Waals surface area contributed by atoms with Gasteiger partial charge in [0.2, 0.25) is 5.88 Å². The van der Waals surface area contributed by atoms with Crippen LogP contribution < -0.4 is 0 Å². The van der Waals surface area contributed by atoms with Crippen LogP contribution in [0.4, 0.5) is 0 Å². The van der Waals surface area contributed by atoms with Crippen LogP contribution in [-0.4, -0.2) is 36.5 Å². The lowest BCUT2D eigenvalue weighted by Crippen LogP contribution is -2.10. The van der Waals surface area contributed by atoms with Gasteiger partial charge in [-0.05, 0) is 25.2 Å². The van der Waals surface area contributed by atoms with E-state index in [1.807, 2.05) is 0 Å². The van der Waals surface area contributed by atoms with Crippen molar-refractivity contribution < 1.29 is 19.5 Å². The zero-order valence-electron chi connectivity index (χ0n) is 13.6. The lowest BCUT2D eigenvalue weighted by atomic mass is 9.99. The van der Waals surface area contributed by atoms with Crippen molar-refractivity contribution in [1.29, 1.82) is 0 Å². The van der Waals surface area contributed by atoms with Crippen molar-refractivity contribution in [3.8, 4) is 11.8 Å². The Morgan fingerprint density at radius 2 is 1.95 bits per heavy atom. The molecule has 22 heavy (non-hydrogen) atoms. The Kier molecular flexibility index (Phi) is 8.56. The van der Waals surface area contributed by atoms with E-state index in [2.05, 4.69) is 13.8 Å². The predicted octanol–water partition coefficient (Wildman–Crippen LogP) is 3.00. The van der Waals surface area contributed by atoms with E-state index in [-0.39, 0.29) is 18.4 Å². The summed E-state index contributed by atoms with van der Waals surface area (Å²) in [4.78, 5) is 0.292. The topological polar surface area (TPSA) is 82.7 Å². The number of aliphatic hydroxyl groups excluding tert-OH is 1. The summed E-state index contributed by atoms with van der Waals surface area (Å²) < 4.78 is 13.6. The van der Waals surface area contributed by atoms with Crippen molar-refractivity contribution in [3.63, 3.8) is 0 Å². The largest absolute Gasteiger partial charge is 0.494 e. The zero-order valence-corrected chi connectivity index (χ0v) is 14.4. The highest BCUT2D eigenvalue weighted by Gasteiger charge is 2.20. The molecule has 6 heteroatoms. The highest BCUT2D eigenvalue weighted by Crippen LogP contribution is 2.32. The predicted molar refractivity (Wildman–Crippen MR) is 88.7 cm³/mol. The second-order valence-electron chi connectivity index (χ2n) is 5.70. The van der Waals surface area contributed by atoms with E-state index in [1.54, 1.807) is 0 Å². The third-order valence-corrected chi connectivity index (χ3v) is 5.43. The molecule has 0 aliphatic carbocycles. The summed E-state index contributed by atoms with van der Waals surface area (Å²) in [5.74, 6) is 0.650. The van der Waals surface area contributed by atoms with E-state index in [1.165, 1.54) is 10.6 Å². The average Bonchev–Trinajstić information content (AvgIpc) is 2.79. The van der Waals surface area contributed by atoms with Gasteiger partial charge in [-0.2, -0.15) is 0 Å². The molecular formula is C16H29NO4S. The number of rotatable bonds is 11. The molecule has 0 spiro atoms. The second-order valence-corrected chi connectivity index (χ2v) is 7.24. The van der Waals surface area contributed by atoms with Gasteiger partial charge in [0.25, 0.3) is 0 Å². The van der Waals surface area contributed by atoms with Gasteiger partial charge < -0.3 is 15.3 Å². The molecule has 0 fully saturated rings. The van der Waals surface area contributed by atoms with E-state index < -0.39 is 10.8 Å². The number of aromatic hydroxyl groups is 2. The minimum Gasteiger partial charge on any atom is -0.494 e. The first-order valence-electron chi connectivity index (χ1n) is 8.15. The third kappa shape index (κ3) is 5.32. The molecule has 1 rings (SSSR count). The van der Waals surface area contributed by atoms with Crippen LogP contribution in [0.1, 0.15) is 52.4 Å². The van der Waals surface area contributed by atoms with Gasteiger partial charge in [0, 0.05) is 25.0 Å². The Balaban J connectivity index is 2.78. The van der Waals surface area contributed by atoms with Crippen LogP contribution in [0.3, 0.4) is 0 Å². The van der Waals surface area contributed by atoms with Gasteiger partial charge in [0.1, 0.15) is 4.90 Å². The monoisotopic (exact) mass is 331 g/mol. The van der Waals surface area contributed by atoms with Crippen LogP contribution >= 0.6 is 0 Å². The Hall–Kier alpha value is -1.01. The van der Waals surface area contributed by atoms with Crippen LogP contribution in [0.15, 0.2) is 11.0 Å². The van der Waals surface area contributed by atoms with E-state index in [0.29, 0.717) is 36.0 Å². The summed E-state index contributed by atoms with van der Waals surface area (Å²) in [6.45, 7) is 4.86. The molecule has 0 aromatic carbocycles. The fourth-order valence-electron chi connectivity index (χ4n) is 2.48. The van der Waals surface area contributed by atoms with Crippen molar-refractivity contribution in [3.05, 3.63) is 6.07 Å². The lowest BCUT2D eigenvalue weighted by molar-refractivity contribution is 0.287. The van der Waals surface area contributed by atoms with Crippen LogP contribution in [0.2, 0.25) is 0 Å². The molecule has 2 atom stereocenters. The van der Waals surface area contributed by atoms with E-state index in [0.717, 1.165) is 25.7 Å². The first-order valence-corrected chi connectivity index (χ1v) is 9.47. The molecule has 0 saturated heterocycles. The maximum absolute atomic E-state index is 12.2. The summed E-state index contributed by atoms with van der Waals surface area (Å²) in [6, 6.07) is 1.40. The minimum atomic E-state index is -1.35. The summed E-state index contributed by atoms with van der Waals surface area (Å²) >= 11 is 0. The fraction of sp³-hybridized carbons (Fsp3) is 0.750. The summed E-state index contributed by atoms with van der Waals surface area (Å²) in [5, 5.41) is 29.1. The van der Waals surface area contributed by atoms with Crippen LogP contribution in [-0.2, 0) is 17.3 Å². The molecule has 5 nitrogen and oxygen atoms in total. The second kappa shape index (κ2) is 9.90. The molecule has 1 heterocycles. The number of hydrogen-bond donors (Lipinski definition) is 3. The molecule has 1 aromatic heterocycles. The fourth-order valence-corrected chi connectivity index (χ4v) is 3.72. The normalized spacial score (nSPS) is 14.1. The molecule has 128 valence electrons. The number of nitrogens with zero attached hydrogens (tertiary/aromatic N) is 1. The van der Waals surface area contributed by atoms with Crippen LogP contribution in [0.5, 0.6) is 11.8 Å². The van der Waals surface area contributed by atoms with Gasteiger partial charge in [0.05, 0.1) is 10.8 Å². The molecule has 2 unspecified atom stereocenters. The van der Waals surface area contributed by atoms with Gasteiger partial charge in [-0.15, -0.1) is 0 Å². The number of unbranched alkanes of at least 4 members (excludes halogenated alkanes) is 2. The highest BCUT2D eigenvalue weighted by atomic mass is 32.2. The van der Waals surface area contributed by atoms with Gasteiger partial charge in [0.15, 0.2) is 5.88 Å². The standard InChI is InChI=1S/C16H29NO4S/c1-3-5-8-13(4-2)12-17-15(19)11-14(16(17)20)22(21)10-7-6-9-18/h11,13,18-20H,3-10,12H2,1-2H3. The molecule has 0 saturated carbocycles. The minimum absolute atomic E-state index is 0.0297. The summed E-state index contributed by atoms with van der Waals surface area (Å²) in [5.41, 5.74) is 0. The summed E-state index contributed by atoms with van der Waals surface area (Å²) in [6.07, 6.45) is 5.50. The van der Waals surface area contributed by atoms with Gasteiger partial charge in [-0.3, -0.25) is 8.78 Å². The Bertz CT molecular complexity index is 473. The number of hydrogen-bond acceptors (Lipinski definition) is 4. The molecule has 1 aromatic rings. The van der Waals surface area contributed by atoms with Gasteiger partial charge in [-0.1, -0.05) is 33.1 Å².